The molecule has 1 aliphatic heterocycles. The molecule has 2 N–H and O–H groups in total. The molecule has 1 aliphatic rings. The quantitative estimate of drug-likeness (QED) is 0.721. The van der Waals surface area contributed by atoms with Gasteiger partial charge in [0.25, 0.3) is 0 Å². The highest BCUT2D eigenvalue weighted by Crippen LogP contribution is 2.24. The molecule has 1 saturated heterocycles. The third-order valence-corrected chi connectivity index (χ3v) is 5.07. The van der Waals surface area contributed by atoms with Crippen LogP contribution in [0, 0.1) is 12.7 Å². The molecular formula is C20H24FN5O. The minimum absolute atomic E-state index is 0.334. The highest BCUT2D eigenvalue weighted by atomic mass is 19.1. The lowest BCUT2D eigenvalue weighted by Crippen LogP contribution is -2.37. The normalized spacial score (nSPS) is 14.7. The number of hydrogen-bond acceptors (Lipinski definition) is 5. The first kappa shape index (κ1) is 17.7. The van der Waals surface area contributed by atoms with Crippen molar-refractivity contribution >= 4 is 22.7 Å². The van der Waals surface area contributed by atoms with Crippen LogP contribution in [0.3, 0.4) is 0 Å². The van der Waals surface area contributed by atoms with Crippen LogP contribution in [0.2, 0.25) is 0 Å². The Hall–Kier alpha value is -2.67. The highest BCUT2D eigenvalue weighted by Gasteiger charge is 2.17. The minimum Gasteiger partial charge on any atom is -0.378 e. The van der Waals surface area contributed by atoms with Gasteiger partial charge >= 0.3 is 0 Å². The van der Waals surface area contributed by atoms with E-state index in [0.717, 1.165) is 17.5 Å². The van der Waals surface area contributed by atoms with Crippen LogP contribution >= 0.6 is 0 Å². The number of aryl methyl sites for hydroxylation is 2. The second-order valence-electron chi connectivity index (χ2n) is 6.78. The summed E-state index contributed by atoms with van der Waals surface area (Å²) in [5.41, 5.74) is 4.85. The highest BCUT2D eigenvalue weighted by molar-refractivity contribution is 5.85. The van der Waals surface area contributed by atoms with Crippen molar-refractivity contribution in [2.45, 2.75) is 26.8 Å². The zero-order chi connectivity index (χ0) is 18.8. The molecule has 27 heavy (non-hydrogen) atoms. The van der Waals surface area contributed by atoms with E-state index in [2.05, 4.69) is 52.3 Å². The van der Waals surface area contributed by atoms with Crippen molar-refractivity contribution in [1.29, 1.82) is 0 Å². The molecule has 0 saturated carbocycles. The van der Waals surface area contributed by atoms with Crippen molar-refractivity contribution in [1.82, 2.24) is 15.0 Å². The summed E-state index contributed by atoms with van der Waals surface area (Å²) in [4.78, 5) is 13.8. The summed E-state index contributed by atoms with van der Waals surface area (Å²) in [5.74, 6) is 0.359. The van der Waals surface area contributed by atoms with Gasteiger partial charge in [-0.05, 0) is 36.6 Å². The molecule has 0 aliphatic carbocycles. The molecule has 0 radical (unpaired) electrons. The number of anilines is 2. The average molecular weight is 369 g/mol. The van der Waals surface area contributed by atoms with Gasteiger partial charge in [-0.2, -0.15) is 4.98 Å². The standard InChI is InChI=1S/C20H24FN5O/c1-3-17-13(2)15-10-14(4-5-18(15)24-17)11-22-20-23-12-16(21)19(25-20)26-6-8-27-9-7-26/h4-5,10,12,24H,3,6-9,11H2,1-2H3,(H,22,23,25). The van der Waals surface area contributed by atoms with E-state index in [9.17, 15) is 4.39 Å². The SMILES string of the molecule is CCc1[nH]c2ccc(CNc3ncc(F)c(N4CCOCC4)n3)cc2c1C. The van der Waals surface area contributed by atoms with Crippen LogP contribution in [0.4, 0.5) is 16.2 Å². The number of rotatable bonds is 5. The van der Waals surface area contributed by atoms with Gasteiger partial charge in [0.15, 0.2) is 11.6 Å². The lowest BCUT2D eigenvalue weighted by Gasteiger charge is -2.28. The number of morpholine rings is 1. The zero-order valence-corrected chi connectivity index (χ0v) is 15.7. The van der Waals surface area contributed by atoms with Gasteiger partial charge in [-0.3, -0.25) is 0 Å². The van der Waals surface area contributed by atoms with Crippen molar-refractivity contribution in [3.63, 3.8) is 0 Å². The van der Waals surface area contributed by atoms with Gasteiger partial charge in [0.1, 0.15) is 0 Å². The number of H-pyrrole nitrogens is 1. The van der Waals surface area contributed by atoms with Crippen LogP contribution < -0.4 is 10.2 Å². The summed E-state index contributed by atoms with van der Waals surface area (Å²) in [6.07, 6.45) is 2.22. The molecule has 142 valence electrons. The summed E-state index contributed by atoms with van der Waals surface area (Å²) in [6, 6.07) is 6.36. The number of nitrogens with one attached hydrogen (secondary N) is 2. The maximum absolute atomic E-state index is 14.1. The Bertz CT molecular complexity index is 949. The summed E-state index contributed by atoms with van der Waals surface area (Å²) < 4.78 is 19.5. The van der Waals surface area contributed by atoms with Crippen molar-refractivity contribution < 1.29 is 9.13 Å². The van der Waals surface area contributed by atoms with Crippen LogP contribution in [0.5, 0.6) is 0 Å². The lowest BCUT2D eigenvalue weighted by atomic mass is 10.1. The third-order valence-electron chi connectivity index (χ3n) is 5.07. The molecular weight excluding hydrogens is 345 g/mol. The van der Waals surface area contributed by atoms with Crippen molar-refractivity contribution in [2.75, 3.05) is 36.5 Å². The molecule has 0 amide bonds. The van der Waals surface area contributed by atoms with Gasteiger partial charge < -0.3 is 19.9 Å². The number of aromatic nitrogens is 3. The monoisotopic (exact) mass is 369 g/mol. The predicted molar refractivity (Wildman–Crippen MR) is 105 cm³/mol. The number of fused-ring (bicyclic) bond motifs is 1. The number of halogens is 1. The molecule has 2 aromatic heterocycles. The molecule has 1 aromatic carbocycles. The summed E-state index contributed by atoms with van der Waals surface area (Å²) >= 11 is 0. The fraction of sp³-hybridized carbons (Fsp3) is 0.400. The Morgan fingerprint density at radius 3 is 2.89 bits per heavy atom. The Labute approximate surface area is 157 Å². The van der Waals surface area contributed by atoms with E-state index in [1.54, 1.807) is 0 Å². The summed E-state index contributed by atoms with van der Waals surface area (Å²) in [7, 11) is 0. The van der Waals surface area contributed by atoms with Gasteiger partial charge in [-0.1, -0.05) is 13.0 Å². The molecule has 0 spiro atoms. The van der Waals surface area contributed by atoms with E-state index in [0.29, 0.717) is 44.6 Å². The van der Waals surface area contributed by atoms with Crippen LogP contribution in [0.1, 0.15) is 23.7 Å². The number of aromatic amines is 1. The van der Waals surface area contributed by atoms with Gasteiger partial charge in [0.2, 0.25) is 5.95 Å². The molecule has 7 heteroatoms. The molecule has 6 nitrogen and oxygen atoms in total. The van der Waals surface area contributed by atoms with Crippen LogP contribution in [-0.2, 0) is 17.7 Å². The topological polar surface area (TPSA) is 66.1 Å². The first-order valence-corrected chi connectivity index (χ1v) is 9.35. The fourth-order valence-corrected chi connectivity index (χ4v) is 3.51. The van der Waals surface area contributed by atoms with E-state index < -0.39 is 5.82 Å². The minimum atomic E-state index is -0.404. The van der Waals surface area contributed by atoms with E-state index in [-0.39, 0.29) is 0 Å². The van der Waals surface area contributed by atoms with Gasteiger partial charge in [-0.25, -0.2) is 9.37 Å². The van der Waals surface area contributed by atoms with Crippen molar-refractivity contribution in [2.24, 2.45) is 0 Å². The maximum Gasteiger partial charge on any atom is 0.225 e. The van der Waals surface area contributed by atoms with Crippen LogP contribution in [-0.4, -0.2) is 41.3 Å². The Morgan fingerprint density at radius 1 is 1.30 bits per heavy atom. The summed E-state index contributed by atoms with van der Waals surface area (Å²) in [6.45, 7) is 7.32. The van der Waals surface area contributed by atoms with Crippen molar-refractivity contribution in [3.05, 3.63) is 47.0 Å². The Kier molecular flexibility index (Phi) is 4.94. The second-order valence-corrected chi connectivity index (χ2v) is 6.78. The Balaban J connectivity index is 1.51. The maximum atomic E-state index is 14.1. The largest absolute Gasteiger partial charge is 0.378 e. The van der Waals surface area contributed by atoms with E-state index in [4.69, 9.17) is 4.74 Å². The molecule has 3 heterocycles. The van der Waals surface area contributed by atoms with E-state index in [1.165, 1.54) is 22.8 Å². The first-order valence-electron chi connectivity index (χ1n) is 9.35. The van der Waals surface area contributed by atoms with Gasteiger partial charge in [-0.15, -0.1) is 0 Å². The number of benzene rings is 1. The molecule has 1 fully saturated rings. The molecule has 0 bridgehead atoms. The molecule has 0 atom stereocenters. The van der Waals surface area contributed by atoms with Crippen LogP contribution in [0.15, 0.2) is 24.4 Å². The van der Waals surface area contributed by atoms with Gasteiger partial charge in [0, 0.05) is 36.2 Å². The van der Waals surface area contributed by atoms with Crippen LogP contribution in [0.25, 0.3) is 10.9 Å². The van der Waals surface area contributed by atoms with E-state index >= 15 is 0 Å². The number of ether oxygens (including phenoxy) is 1. The number of hydrogen-bond donors (Lipinski definition) is 2. The number of nitrogens with zero attached hydrogens (tertiary/aromatic N) is 3. The smallest absolute Gasteiger partial charge is 0.225 e. The van der Waals surface area contributed by atoms with Gasteiger partial charge in [0.05, 0.1) is 19.4 Å². The second kappa shape index (κ2) is 7.52. The van der Waals surface area contributed by atoms with Crippen molar-refractivity contribution in [3.8, 4) is 0 Å². The third kappa shape index (κ3) is 3.60. The van der Waals surface area contributed by atoms with E-state index in [1.807, 2.05) is 4.90 Å². The summed E-state index contributed by atoms with van der Waals surface area (Å²) in [5, 5.41) is 4.45. The lowest BCUT2D eigenvalue weighted by molar-refractivity contribution is 0.122. The molecule has 4 rings (SSSR count). The fourth-order valence-electron chi connectivity index (χ4n) is 3.51. The molecule has 3 aromatic rings. The molecule has 0 unspecified atom stereocenters. The predicted octanol–water partition coefficient (Wildman–Crippen LogP) is 3.42. The Morgan fingerprint density at radius 2 is 2.11 bits per heavy atom. The first-order chi connectivity index (χ1) is 13.2. The zero-order valence-electron chi connectivity index (χ0n) is 15.7. The average Bonchev–Trinajstić information content (AvgIpc) is 3.03.